The molecule has 13 heavy (non-hydrogen) atoms. The summed E-state index contributed by atoms with van der Waals surface area (Å²) in [4.78, 5) is 11.4. The highest BCUT2D eigenvalue weighted by molar-refractivity contribution is 5.62. The van der Waals surface area contributed by atoms with Gasteiger partial charge in [-0.2, -0.15) is 0 Å². The van der Waals surface area contributed by atoms with Crippen molar-refractivity contribution in [2.45, 2.75) is 44.9 Å². The van der Waals surface area contributed by atoms with Crippen molar-refractivity contribution < 1.29 is 4.79 Å². The highest BCUT2D eigenvalue weighted by atomic mass is 16.1. The normalized spacial score (nSPS) is 49.2. The van der Waals surface area contributed by atoms with Gasteiger partial charge >= 0.3 is 0 Å². The molecule has 0 aromatic carbocycles. The van der Waals surface area contributed by atoms with Crippen LogP contribution in [0.4, 0.5) is 0 Å². The first-order valence-electron chi connectivity index (χ1n) is 5.81. The number of aldehydes is 1. The Morgan fingerprint density at radius 3 is 2.31 bits per heavy atom. The summed E-state index contributed by atoms with van der Waals surface area (Å²) >= 11 is 0. The minimum Gasteiger partial charge on any atom is -0.303 e. The summed E-state index contributed by atoms with van der Waals surface area (Å²) in [5.41, 5.74) is 0.168. The summed E-state index contributed by atoms with van der Waals surface area (Å²) in [6.07, 6.45) is 10.8. The number of hydrogen-bond donors (Lipinski definition) is 0. The van der Waals surface area contributed by atoms with Crippen molar-refractivity contribution in [1.29, 1.82) is 0 Å². The zero-order chi connectivity index (χ0) is 8.89. The van der Waals surface area contributed by atoms with Crippen molar-refractivity contribution >= 4 is 6.29 Å². The molecule has 3 unspecified atom stereocenters. The SMILES string of the molecule is O=CC1(C2CCC2)CC2CCC1C2. The van der Waals surface area contributed by atoms with E-state index in [9.17, 15) is 4.79 Å². The maximum absolute atomic E-state index is 11.4. The van der Waals surface area contributed by atoms with E-state index in [1.807, 2.05) is 0 Å². The Balaban J connectivity index is 1.88. The van der Waals surface area contributed by atoms with Gasteiger partial charge in [-0.15, -0.1) is 0 Å². The number of hydrogen-bond acceptors (Lipinski definition) is 1. The van der Waals surface area contributed by atoms with Crippen LogP contribution in [0.5, 0.6) is 0 Å². The number of fused-ring (bicyclic) bond motifs is 2. The van der Waals surface area contributed by atoms with E-state index < -0.39 is 0 Å². The standard InChI is InChI=1S/C12H18O/c13-8-12(10-2-1-3-10)7-9-4-5-11(12)6-9/h8-11H,1-7H2. The first-order chi connectivity index (χ1) is 6.35. The molecule has 0 N–H and O–H groups in total. The molecule has 0 saturated heterocycles. The van der Waals surface area contributed by atoms with E-state index in [4.69, 9.17) is 0 Å². The molecule has 3 rings (SSSR count). The van der Waals surface area contributed by atoms with Crippen LogP contribution in [0.15, 0.2) is 0 Å². The van der Waals surface area contributed by atoms with Gasteiger partial charge in [-0.05, 0) is 49.9 Å². The Morgan fingerprint density at radius 2 is 1.92 bits per heavy atom. The fourth-order valence-electron chi connectivity index (χ4n) is 4.10. The Hall–Kier alpha value is -0.330. The molecule has 3 atom stereocenters. The molecule has 72 valence electrons. The van der Waals surface area contributed by atoms with Crippen LogP contribution < -0.4 is 0 Å². The first kappa shape index (κ1) is 8.02. The highest BCUT2D eigenvalue weighted by Gasteiger charge is 2.55. The second kappa shape index (κ2) is 2.59. The molecule has 0 amide bonds. The predicted molar refractivity (Wildman–Crippen MR) is 51.3 cm³/mol. The third-order valence-electron chi connectivity index (χ3n) is 5.03. The second-order valence-corrected chi connectivity index (χ2v) is 5.44. The van der Waals surface area contributed by atoms with E-state index in [-0.39, 0.29) is 5.41 Å². The van der Waals surface area contributed by atoms with E-state index >= 15 is 0 Å². The summed E-state index contributed by atoms with van der Waals surface area (Å²) in [5.74, 6) is 2.47. The Bertz CT molecular complexity index is 231. The lowest BCUT2D eigenvalue weighted by atomic mass is 9.59. The lowest BCUT2D eigenvalue weighted by molar-refractivity contribution is -0.125. The van der Waals surface area contributed by atoms with Crippen molar-refractivity contribution in [1.82, 2.24) is 0 Å². The minimum absolute atomic E-state index is 0.168. The summed E-state index contributed by atoms with van der Waals surface area (Å²) in [6, 6.07) is 0. The van der Waals surface area contributed by atoms with Crippen LogP contribution in [0, 0.1) is 23.2 Å². The van der Waals surface area contributed by atoms with Crippen LogP contribution in [0.1, 0.15) is 44.9 Å². The van der Waals surface area contributed by atoms with Crippen LogP contribution in [0.3, 0.4) is 0 Å². The van der Waals surface area contributed by atoms with Crippen LogP contribution in [-0.4, -0.2) is 6.29 Å². The molecular formula is C12H18O. The van der Waals surface area contributed by atoms with E-state index in [1.165, 1.54) is 51.2 Å². The average molecular weight is 178 g/mol. The Morgan fingerprint density at radius 1 is 1.08 bits per heavy atom. The largest absolute Gasteiger partial charge is 0.303 e. The van der Waals surface area contributed by atoms with Gasteiger partial charge in [0.05, 0.1) is 0 Å². The van der Waals surface area contributed by atoms with Crippen molar-refractivity contribution in [3.05, 3.63) is 0 Å². The van der Waals surface area contributed by atoms with Gasteiger partial charge in [0.2, 0.25) is 0 Å². The van der Waals surface area contributed by atoms with Crippen molar-refractivity contribution in [3.63, 3.8) is 0 Å². The fraction of sp³-hybridized carbons (Fsp3) is 0.917. The van der Waals surface area contributed by atoms with Crippen molar-refractivity contribution in [2.75, 3.05) is 0 Å². The Labute approximate surface area is 79.9 Å². The second-order valence-electron chi connectivity index (χ2n) is 5.44. The van der Waals surface area contributed by atoms with Gasteiger partial charge in [-0.3, -0.25) is 0 Å². The molecule has 0 aromatic rings. The number of carbonyl (C=O) groups excluding carboxylic acids is 1. The number of rotatable bonds is 2. The molecule has 0 aromatic heterocycles. The van der Waals surface area contributed by atoms with Crippen molar-refractivity contribution in [3.8, 4) is 0 Å². The average Bonchev–Trinajstić information content (AvgIpc) is 2.60. The molecule has 0 radical (unpaired) electrons. The van der Waals surface area contributed by atoms with Gasteiger partial charge in [-0.1, -0.05) is 12.8 Å². The van der Waals surface area contributed by atoms with E-state index in [0.29, 0.717) is 0 Å². The van der Waals surface area contributed by atoms with Gasteiger partial charge in [0.1, 0.15) is 6.29 Å². The van der Waals surface area contributed by atoms with Crippen LogP contribution in [-0.2, 0) is 4.79 Å². The first-order valence-corrected chi connectivity index (χ1v) is 5.81. The van der Waals surface area contributed by atoms with Crippen LogP contribution in [0.2, 0.25) is 0 Å². The van der Waals surface area contributed by atoms with Gasteiger partial charge in [-0.25, -0.2) is 0 Å². The third kappa shape index (κ3) is 0.908. The zero-order valence-corrected chi connectivity index (χ0v) is 8.17. The topological polar surface area (TPSA) is 17.1 Å². The van der Waals surface area contributed by atoms with Crippen LogP contribution >= 0.6 is 0 Å². The molecule has 3 fully saturated rings. The molecule has 3 aliphatic carbocycles. The van der Waals surface area contributed by atoms with Gasteiger partial charge < -0.3 is 4.79 Å². The molecule has 1 heteroatoms. The van der Waals surface area contributed by atoms with E-state index in [0.717, 1.165) is 17.8 Å². The van der Waals surface area contributed by atoms with Crippen molar-refractivity contribution in [2.24, 2.45) is 23.2 Å². The molecule has 0 heterocycles. The predicted octanol–water partition coefficient (Wildman–Crippen LogP) is 2.79. The monoisotopic (exact) mass is 178 g/mol. The van der Waals surface area contributed by atoms with E-state index in [1.54, 1.807) is 0 Å². The lowest BCUT2D eigenvalue weighted by Crippen LogP contribution is -2.40. The number of carbonyl (C=O) groups is 1. The lowest BCUT2D eigenvalue weighted by Gasteiger charge is -2.44. The Kier molecular flexibility index (Phi) is 1.59. The molecule has 3 saturated carbocycles. The van der Waals surface area contributed by atoms with Gasteiger partial charge in [0.25, 0.3) is 0 Å². The fourth-order valence-corrected chi connectivity index (χ4v) is 4.10. The smallest absolute Gasteiger partial charge is 0.126 e. The quantitative estimate of drug-likeness (QED) is 0.594. The molecule has 1 nitrogen and oxygen atoms in total. The zero-order valence-electron chi connectivity index (χ0n) is 8.17. The highest BCUT2D eigenvalue weighted by Crippen LogP contribution is 2.61. The summed E-state index contributed by atoms with van der Waals surface area (Å²) < 4.78 is 0. The molecule has 0 aliphatic heterocycles. The molecular weight excluding hydrogens is 160 g/mol. The summed E-state index contributed by atoms with van der Waals surface area (Å²) in [6.45, 7) is 0. The minimum atomic E-state index is 0.168. The van der Waals surface area contributed by atoms with Crippen LogP contribution in [0.25, 0.3) is 0 Å². The molecule has 2 bridgehead atoms. The summed E-state index contributed by atoms with van der Waals surface area (Å²) in [5, 5.41) is 0. The van der Waals surface area contributed by atoms with Gasteiger partial charge in [0, 0.05) is 5.41 Å². The summed E-state index contributed by atoms with van der Waals surface area (Å²) in [7, 11) is 0. The molecule has 0 spiro atoms. The molecule has 3 aliphatic rings. The maximum atomic E-state index is 11.4. The maximum Gasteiger partial charge on any atom is 0.126 e. The third-order valence-corrected chi connectivity index (χ3v) is 5.03. The van der Waals surface area contributed by atoms with Gasteiger partial charge in [0.15, 0.2) is 0 Å². The van der Waals surface area contributed by atoms with E-state index in [2.05, 4.69) is 0 Å².